The third kappa shape index (κ3) is 5.01. The van der Waals surface area contributed by atoms with Crippen LogP contribution in [0, 0.1) is 6.92 Å². The second-order valence-corrected chi connectivity index (χ2v) is 6.09. The van der Waals surface area contributed by atoms with E-state index in [0.717, 1.165) is 18.7 Å². The molecule has 1 amide bonds. The maximum absolute atomic E-state index is 11.6. The van der Waals surface area contributed by atoms with Gasteiger partial charge in [-0.3, -0.25) is 5.32 Å². The topological polar surface area (TPSA) is 63.2 Å². The Morgan fingerprint density at radius 1 is 1.44 bits per heavy atom. The number of aromatic nitrogens is 1. The largest absolute Gasteiger partial charge is 0.444 e. The van der Waals surface area contributed by atoms with Gasteiger partial charge in [0.25, 0.3) is 0 Å². The van der Waals surface area contributed by atoms with Gasteiger partial charge in [-0.1, -0.05) is 0 Å². The third-order valence-corrected chi connectivity index (χ3v) is 3.24. The van der Waals surface area contributed by atoms with E-state index in [1.165, 1.54) is 16.2 Å². The normalized spacial score (nSPS) is 11.4. The Kier molecular flexibility index (Phi) is 5.10. The first-order valence-corrected chi connectivity index (χ1v) is 6.74. The molecule has 0 aliphatic carbocycles. The van der Waals surface area contributed by atoms with Gasteiger partial charge in [0.05, 0.1) is 5.69 Å². The van der Waals surface area contributed by atoms with Gasteiger partial charge < -0.3 is 10.1 Å². The van der Waals surface area contributed by atoms with E-state index in [4.69, 9.17) is 4.74 Å². The van der Waals surface area contributed by atoms with Gasteiger partial charge in [0, 0.05) is 4.88 Å². The Hall–Kier alpha value is -1.14. The van der Waals surface area contributed by atoms with Crippen molar-refractivity contribution < 1.29 is 9.53 Å². The molecule has 0 saturated carbocycles. The Morgan fingerprint density at radius 3 is 2.67 bits per heavy atom. The molecule has 6 heteroatoms. The smallest absolute Gasteiger partial charge is 0.413 e. The number of nitrogens with zero attached hydrogens (tertiary/aromatic N) is 1. The van der Waals surface area contributed by atoms with Crippen LogP contribution >= 0.6 is 11.3 Å². The van der Waals surface area contributed by atoms with E-state index in [1.807, 2.05) is 34.7 Å². The van der Waals surface area contributed by atoms with Crippen LogP contribution < -0.4 is 10.6 Å². The second kappa shape index (κ2) is 6.15. The fourth-order valence-electron chi connectivity index (χ4n) is 1.34. The number of hydrogen-bond donors (Lipinski definition) is 2. The predicted octanol–water partition coefficient (Wildman–Crippen LogP) is 2.56. The molecule has 5 nitrogen and oxygen atoms in total. The van der Waals surface area contributed by atoms with Gasteiger partial charge >= 0.3 is 6.09 Å². The van der Waals surface area contributed by atoms with Crippen LogP contribution in [0.25, 0.3) is 0 Å². The van der Waals surface area contributed by atoms with Gasteiger partial charge in [-0.2, -0.15) is 0 Å². The van der Waals surface area contributed by atoms with E-state index in [-0.39, 0.29) is 0 Å². The van der Waals surface area contributed by atoms with Gasteiger partial charge in [-0.25, -0.2) is 9.78 Å². The second-order valence-electron chi connectivity index (χ2n) is 5.01. The molecule has 18 heavy (non-hydrogen) atoms. The first-order chi connectivity index (χ1) is 8.31. The highest BCUT2D eigenvalue weighted by Crippen LogP contribution is 2.23. The van der Waals surface area contributed by atoms with E-state index < -0.39 is 11.7 Å². The van der Waals surface area contributed by atoms with Crippen LogP contribution in [-0.4, -0.2) is 30.3 Å². The molecule has 1 aromatic rings. The summed E-state index contributed by atoms with van der Waals surface area (Å²) in [5.74, 6) is 0. The van der Waals surface area contributed by atoms with Crippen LogP contribution in [0.1, 0.15) is 31.3 Å². The zero-order valence-corrected chi connectivity index (χ0v) is 12.4. The molecule has 0 aliphatic rings. The lowest BCUT2D eigenvalue weighted by atomic mass is 10.2. The van der Waals surface area contributed by atoms with E-state index in [9.17, 15) is 4.79 Å². The molecule has 1 heterocycles. The molecule has 0 atom stereocenters. The summed E-state index contributed by atoms with van der Waals surface area (Å²) < 4.78 is 5.18. The fourth-order valence-corrected chi connectivity index (χ4v) is 2.29. The molecule has 0 unspecified atom stereocenters. The molecule has 1 rings (SSSR count). The van der Waals surface area contributed by atoms with E-state index in [2.05, 4.69) is 15.6 Å². The number of nitrogens with one attached hydrogen (secondary N) is 2. The van der Waals surface area contributed by atoms with Crippen molar-refractivity contribution >= 4 is 22.6 Å². The van der Waals surface area contributed by atoms with Crippen molar-refractivity contribution in [3.63, 3.8) is 0 Å². The molecule has 0 aliphatic heterocycles. The zero-order chi connectivity index (χ0) is 13.8. The predicted molar refractivity (Wildman–Crippen MR) is 74.3 cm³/mol. The number of aryl methyl sites for hydroxylation is 1. The Balaban J connectivity index is 2.60. The number of carbonyl (C=O) groups excluding carboxylic acids is 1. The first-order valence-electron chi connectivity index (χ1n) is 5.92. The SMILES string of the molecule is CNCCc1sc(NC(=O)OC(C)(C)C)nc1C. The molecular weight excluding hydrogens is 250 g/mol. The minimum absolute atomic E-state index is 0.462. The molecule has 0 aromatic carbocycles. The monoisotopic (exact) mass is 271 g/mol. The van der Waals surface area contributed by atoms with Crippen LogP contribution in [0.3, 0.4) is 0 Å². The third-order valence-electron chi connectivity index (χ3n) is 2.10. The lowest BCUT2D eigenvalue weighted by Crippen LogP contribution is -2.27. The standard InChI is InChI=1S/C12H21N3O2S/c1-8-9(6-7-13-5)18-10(14-8)15-11(16)17-12(2,3)4/h13H,6-7H2,1-5H3,(H,14,15,16). The van der Waals surface area contributed by atoms with E-state index in [0.29, 0.717) is 5.13 Å². The van der Waals surface area contributed by atoms with Gasteiger partial charge in [-0.05, 0) is 47.7 Å². The number of ether oxygens (including phenoxy) is 1. The molecule has 1 aromatic heterocycles. The highest BCUT2D eigenvalue weighted by Gasteiger charge is 2.17. The maximum atomic E-state index is 11.6. The number of anilines is 1. The van der Waals surface area contributed by atoms with Gasteiger partial charge in [0.2, 0.25) is 0 Å². The summed E-state index contributed by atoms with van der Waals surface area (Å²) in [6, 6.07) is 0. The molecule has 2 N–H and O–H groups in total. The average molecular weight is 271 g/mol. The summed E-state index contributed by atoms with van der Waals surface area (Å²) in [5.41, 5.74) is 0.465. The Bertz CT molecular complexity index is 410. The minimum atomic E-state index is -0.495. The van der Waals surface area contributed by atoms with Crippen molar-refractivity contribution in [2.24, 2.45) is 0 Å². The lowest BCUT2D eigenvalue weighted by molar-refractivity contribution is 0.0636. The maximum Gasteiger partial charge on any atom is 0.413 e. The lowest BCUT2D eigenvalue weighted by Gasteiger charge is -2.18. The summed E-state index contributed by atoms with van der Waals surface area (Å²) in [6.45, 7) is 8.34. The highest BCUT2D eigenvalue weighted by molar-refractivity contribution is 7.15. The molecule has 102 valence electrons. The van der Waals surface area contributed by atoms with Gasteiger partial charge in [-0.15, -0.1) is 11.3 Å². The van der Waals surface area contributed by atoms with Crippen LogP contribution in [0.2, 0.25) is 0 Å². The molecule has 0 radical (unpaired) electrons. The van der Waals surface area contributed by atoms with Crippen LogP contribution in [-0.2, 0) is 11.2 Å². The summed E-state index contributed by atoms with van der Waals surface area (Å²) in [6.07, 6.45) is 0.451. The average Bonchev–Trinajstić information content (AvgIpc) is 2.52. The number of thiazole rings is 1. The summed E-state index contributed by atoms with van der Waals surface area (Å²) in [5, 5.41) is 6.34. The molecule has 0 fully saturated rings. The number of likely N-dealkylation sites (N-methyl/N-ethyl adjacent to an activating group) is 1. The van der Waals surface area contributed by atoms with E-state index >= 15 is 0 Å². The van der Waals surface area contributed by atoms with Crippen molar-refractivity contribution in [3.8, 4) is 0 Å². The molecule has 0 spiro atoms. The van der Waals surface area contributed by atoms with Crippen LogP contribution in [0.15, 0.2) is 0 Å². The quantitative estimate of drug-likeness (QED) is 0.883. The van der Waals surface area contributed by atoms with Gasteiger partial charge in [0.15, 0.2) is 5.13 Å². The number of hydrogen-bond acceptors (Lipinski definition) is 5. The molecule has 0 saturated heterocycles. The highest BCUT2D eigenvalue weighted by atomic mass is 32.1. The number of carbonyl (C=O) groups is 1. The fraction of sp³-hybridized carbons (Fsp3) is 0.667. The van der Waals surface area contributed by atoms with Crippen molar-refractivity contribution in [2.75, 3.05) is 18.9 Å². The van der Waals surface area contributed by atoms with Crippen molar-refractivity contribution in [3.05, 3.63) is 10.6 Å². The molecule has 0 bridgehead atoms. The van der Waals surface area contributed by atoms with Crippen LogP contribution in [0.4, 0.5) is 9.93 Å². The first kappa shape index (κ1) is 14.9. The van der Waals surface area contributed by atoms with Crippen molar-refractivity contribution in [1.29, 1.82) is 0 Å². The van der Waals surface area contributed by atoms with Crippen molar-refractivity contribution in [1.82, 2.24) is 10.3 Å². The Labute approximate surface area is 112 Å². The summed E-state index contributed by atoms with van der Waals surface area (Å²) in [7, 11) is 1.91. The number of amides is 1. The minimum Gasteiger partial charge on any atom is -0.444 e. The number of rotatable bonds is 4. The molecular formula is C12H21N3O2S. The zero-order valence-electron chi connectivity index (χ0n) is 11.6. The van der Waals surface area contributed by atoms with Crippen molar-refractivity contribution in [2.45, 2.75) is 39.7 Å². The van der Waals surface area contributed by atoms with E-state index in [1.54, 1.807) is 0 Å². The summed E-state index contributed by atoms with van der Waals surface area (Å²) in [4.78, 5) is 17.1. The van der Waals surface area contributed by atoms with Gasteiger partial charge in [0.1, 0.15) is 5.60 Å². The van der Waals surface area contributed by atoms with Crippen LogP contribution in [0.5, 0.6) is 0 Å². The Morgan fingerprint density at radius 2 is 2.11 bits per heavy atom. The summed E-state index contributed by atoms with van der Waals surface area (Å²) >= 11 is 1.49.